The first-order valence-electron chi connectivity index (χ1n) is 11.3. The highest BCUT2D eigenvalue weighted by atomic mass is 35.5. The van der Waals surface area contributed by atoms with E-state index in [0.717, 1.165) is 16.7 Å². The third kappa shape index (κ3) is 5.39. The first-order valence-corrected chi connectivity index (χ1v) is 11.6. The lowest BCUT2D eigenvalue weighted by atomic mass is 9.96. The summed E-state index contributed by atoms with van der Waals surface area (Å²) in [4.78, 5) is 4.66. The van der Waals surface area contributed by atoms with Gasteiger partial charge in [-0.25, -0.2) is 0 Å². The molecule has 176 valence electrons. The lowest BCUT2D eigenvalue weighted by Gasteiger charge is -2.46. The summed E-state index contributed by atoms with van der Waals surface area (Å²) in [5.74, 6) is 0. The summed E-state index contributed by atoms with van der Waals surface area (Å²) in [6.07, 6.45) is -1.68. The van der Waals surface area contributed by atoms with Crippen molar-refractivity contribution in [3.05, 3.63) is 107 Å². The summed E-state index contributed by atoms with van der Waals surface area (Å²) in [6.45, 7) is 0.608. The standard InChI is InChI=1S/C27H26ClNO5/c28-21-13-11-18(12-14-21)15-29-23-24(30)25-22(17-32-26(34-25)20-9-5-2-6-10-20)33-27(23)31-16-19-7-3-1-4-8-19/h1-15,22-27,30H,16-17H2/t22-,23-,24-,25-,26?,27+/m1/s1. The molecule has 0 aromatic heterocycles. The molecule has 1 N–H and O–H groups in total. The number of nitrogens with zero attached hydrogens (tertiary/aromatic N) is 1. The summed E-state index contributed by atoms with van der Waals surface area (Å²) in [5, 5.41) is 12.0. The molecular formula is C27H26ClNO5. The molecule has 3 aromatic rings. The van der Waals surface area contributed by atoms with E-state index in [9.17, 15) is 5.11 Å². The average Bonchev–Trinajstić information content (AvgIpc) is 2.89. The van der Waals surface area contributed by atoms with Gasteiger partial charge in [0.15, 0.2) is 12.6 Å². The van der Waals surface area contributed by atoms with Gasteiger partial charge in [-0.1, -0.05) is 84.4 Å². The molecule has 2 saturated heterocycles. The van der Waals surface area contributed by atoms with E-state index in [-0.39, 0.29) is 6.61 Å². The van der Waals surface area contributed by atoms with Crippen molar-refractivity contribution in [3.8, 4) is 0 Å². The minimum Gasteiger partial charge on any atom is -0.388 e. The molecule has 0 saturated carbocycles. The zero-order valence-corrected chi connectivity index (χ0v) is 19.2. The van der Waals surface area contributed by atoms with Crippen molar-refractivity contribution < 1.29 is 24.1 Å². The van der Waals surface area contributed by atoms with Crippen LogP contribution in [0.5, 0.6) is 0 Å². The van der Waals surface area contributed by atoms with Crippen LogP contribution in [0.3, 0.4) is 0 Å². The topological polar surface area (TPSA) is 69.5 Å². The predicted octanol–water partition coefficient (Wildman–Crippen LogP) is 4.54. The minimum absolute atomic E-state index is 0.278. The van der Waals surface area contributed by atoms with Crippen molar-refractivity contribution in [3.63, 3.8) is 0 Å². The van der Waals surface area contributed by atoms with Crippen LogP contribution >= 0.6 is 11.6 Å². The summed E-state index contributed by atoms with van der Waals surface area (Å²) in [6, 6.07) is 26.1. The van der Waals surface area contributed by atoms with Gasteiger partial charge in [0.25, 0.3) is 0 Å². The second-order valence-corrected chi connectivity index (χ2v) is 8.76. The number of halogens is 1. The van der Waals surface area contributed by atoms with E-state index in [0.29, 0.717) is 11.6 Å². The van der Waals surface area contributed by atoms with E-state index in [1.165, 1.54) is 0 Å². The summed E-state index contributed by atoms with van der Waals surface area (Å²) < 4.78 is 24.4. The molecule has 7 heteroatoms. The molecule has 5 rings (SSSR count). The number of rotatable bonds is 6. The van der Waals surface area contributed by atoms with E-state index in [4.69, 9.17) is 30.5 Å². The largest absolute Gasteiger partial charge is 0.388 e. The summed E-state index contributed by atoms with van der Waals surface area (Å²) in [5.41, 5.74) is 2.75. The Kier molecular flexibility index (Phi) is 7.35. The van der Waals surface area contributed by atoms with Crippen molar-refractivity contribution in [1.82, 2.24) is 0 Å². The summed E-state index contributed by atoms with van der Waals surface area (Å²) in [7, 11) is 0. The Morgan fingerprint density at radius 3 is 2.38 bits per heavy atom. The molecule has 2 fully saturated rings. The molecular weight excluding hydrogens is 454 g/mol. The highest BCUT2D eigenvalue weighted by Crippen LogP contribution is 2.35. The second kappa shape index (κ2) is 10.8. The number of benzene rings is 3. The molecule has 6 atom stereocenters. The van der Waals surface area contributed by atoms with Crippen molar-refractivity contribution in [2.45, 2.75) is 43.5 Å². The van der Waals surface area contributed by atoms with Crippen LogP contribution in [-0.4, -0.2) is 48.6 Å². The van der Waals surface area contributed by atoms with Crippen molar-refractivity contribution in [1.29, 1.82) is 0 Å². The molecule has 0 bridgehead atoms. The van der Waals surface area contributed by atoms with E-state index in [1.54, 1.807) is 18.3 Å². The molecule has 0 aliphatic carbocycles. The zero-order chi connectivity index (χ0) is 23.3. The fraction of sp³-hybridized carbons (Fsp3) is 0.296. The van der Waals surface area contributed by atoms with Crippen LogP contribution in [0.15, 0.2) is 89.9 Å². The number of fused-ring (bicyclic) bond motifs is 1. The smallest absolute Gasteiger partial charge is 0.184 e. The number of aliphatic imine (C=N–C) groups is 1. The monoisotopic (exact) mass is 479 g/mol. The van der Waals surface area contributed by atoms with Gasteiger partial charge in [-0.05, 0) is 23.3 Å². The molecule has 6 nitrogen and oxygen atoms in total. The second-order valence-electron chi connectivity index (χ2n) is 8.33. The maximum absolute atomic E-state index is 11.3. The Morgan fingerprint density at radius 2 is 1.65 bits per heavy atom. The number of ether oxygens (including phenoxy) is 4. The van der Waals surface area contributed by atoms with Gasteiger partial charge in [0, 0.05) is 16.8 Å². The first kappa shape index (κ1) is 23.2. The van der Waals surface area contributed by atoms with Gasteiger partial charge in [-0.3, -0.25) is 4.99 Å². The Bertz CT molecular complexity index is 1080. The number of hydrogen-bond acceptors (Lipinski definition) is 6. The number of aliphatic hydroxyl groups excluding tert-OH is 1. The van der Waals surface area contributed by atoms with Gasteiger partial charge < -0.3 is 24.1 Å². The van der Waals surface area contributed by atoms with Crippen molar-refractivity contribution in [2.75, 3.05) is 6.61 Å². The van der Waals surface area contributed by atoms with Gasteiger partial charge in [-0.2, -0.15) is 0 Å². The van der Waals surface area contributed by atoms with E-state index >= 15 is 0 Å². The lowest BCUT2D eigenvalue weighted by molar-refractivity contribution is -0.343. The normalized spacial score (nSPS) is 29.1. The Balaban J connectivity index is 1.36. The Morgan fingerprint density at radius 1 is 0.941 bits per heavy atom. The molecule has 0 amide bonds. The van der Waals surface area contributed by atoms with Crippen LogP contribution in [-0.2, 0) is 25.6 Å². The van der Waals surface area contributed by atoms with Crippen molar-refractivity contribution in [2.24, 2.45) is 4.99 Å². The molecule has 1 unspecified atom stereocenters. The molecule has 3 aromatic carbocycles. The fourth-order valence-corrected chi connectivity index (χ4v) is 4.25. The minimum atomic E-state index is -0.946. The molecule has 2 heterocycles. The van der Waals surface area contributed by atoms with E-state index < -0.39 is 36.9 Å². The molecule has 2 aliphatic rings. The van der Waals surface area contributed by atoms with Crippen molar-refractivity contribution >= 4 is 17.8 Å². The fourth-order valence-electron chi connectivity index (χ4n) is 4.13. The molecule has 0 radical (unpaired) electrons. The maximum Gasteiger partial charge on any atom is 0.184 e. The van der Waals surface area contributed by atoms with Gasteiger partial charge in [0.05, 0.1) is 13.2 Å². The van der Waals surface area contributed by atoms with Crippen LogP contribution in [0.25, 0.3) is 0 Å². The quantitative estimate of drug-likeness (QED) is 0.525. The predicted molar refractivity (Wildman–Crippen MR) is 129 cm³/mol. The molecule has 0 spiro atoms. The van der Waals surface area contributed by atoms with Gasteiger partial charge >= 0.3 is 0 Å². The van der Waals surface area contributed by atoms with Crippen LogP contribution in [0.4, 0.5) is 0 Å². The third-order valence-electron chi connectivity index (χ3n) is 5.93. The first-order chi connectivity index (χ1) is 16.7. The van der Waals surface area contributed by atoms with Gasteiger partial charge in [0.2, 0.25) is 0 Å². The number of hydrogen-bond donors (Lipinski definition) is 1. The Labute approximate surface area is 203 Å². The van der Waals surface area contributed by atoms with E-state index in [1.807, 2.05) is 72.8 Å². The Hall–Kier alpha value is -2.58. The average molecular weight is 480 g/mol. The van der Waals surface area contributed by atoms with Crippen LogP contribution in [0.1, 0.15) is 23.0 Å². The number of aliphatic hydroxyl groups is 1. The van der Waals surface area contributed by atoms with Gasteiger partial charge in [-0.15, -0.1) is 0 Å². The molecule has 2 aliphatic heterocycles. The van der Waals surface area contributed by atoms with E-state index in [2.05, 4.69) is 4.99 Å². The SMILES string of the molecule is O[C@@H]1[C@@H](N=Cc2ccc(Cl)cc2)[C@@H](OCc2ccccc2)O[C@@H]2COC(c3ccccc3)O[C@@H]12. The third-order valence-corrected chi connectivity index (χ3v) is 6.18. The zero-order valence-electron chi connectivity index (χ0n) is 18.4. The maximum atomic E-state index is 11.3. The molecule has 34 heavy (non-hydrogen) atoms. The van der Waals surface area contributed by atoms with Crippen LogP contribution < -0.4 is 0 Å². The lowest BCUT2D eigenvalue weighted by Crippen LogP contribution is -2.61. The van der Waals surface area contributed by atoms with Crippen LogP contribution in [0, 0.1) is 0 Å². The van der Waals surface area contributed by atoms with Crippen LogP contribution in [0.2, 0.25) is 5.02 Å². The van der Waals surface area contributed by atoms with Gasteiger partial charge in [0.1, 0.15) is 24.4 Å². The summed E-state index contributed by atoms with van der Waals surface area (Å²) >= 11 is 5.99. The highest BCUT2D eigenvalue weighted by Gasteiger charge is 2.49. The highest BCUT2D eigenvalue weighted by molar-refractivity contribution is 6.30.